The van der Waals surface area contributed by atoms with Crippen molar-refractivity contribution >= 4 is 19.0 Å². The molecule has 0 unspecified atom stereocenters. The van der Waals surface area contributed by atoms with Gasteiger partial charge in [0.1, 0.15) is 24.6 Å². The topological polar surface area (TPSA) is 120 Å². The lowest BCUT2D eigenvalue weighted by atomic mass is 10.0. The summed E-state index contributed by atoms with van der Waals surface area (Å²) in [5, 5.41) is 1.04. The van der Waals surface area contributed by atoms with Crippen LogP contribution in [0.15, 0.2) is 47.3 Å². The van der Waals surface area contributed by atoms with Gasteiger partial charge in [-0.2, -0.15) is 0 Å². The third kappa shape index (κ3) is 7.53. The van der Waals surface area contributed by atoms with Crippen molar-refractivity contribution in [1.29, 1.82) is 0 Å². The molecule has 3 aromatic heterocycles. The smallest absolute Gasteiger partial charge is 0.255 e. The summed E-state index contributed by atoms with van der Waals surface area (Å²) in [6, 6.07) is 9.06. The lowest BCUT2D eigenvalue weighted by Gasteiger charge is -2.23. The van der Waals surface area contributed by atoms with Crippen LogP contribution in [0.25, 0.3) is 22.2 Å². The minimum atomic E-state index is -1.23. The Hall–Kier alpha value is -3.09. The number of oxazole rings is 1. The Bertz CT molecular complexity index is 1480. The summed E-state index contributed by atoms with van der Waals surface area (Å²) in [6.45, 7) is 11.2. The number of nitrogens with two attached hydrogens (primary N) is 1. The Balaban J connectivity index is 1.30. The number of benzene rings is 1. The zero-order valence-electron chi connectivity index (χ0n) is 26.1. The molecule has 0 radical (unpaired) electrons. The van der Waals surface area contributed by atoms with Crippen molar-refractivity contribution in [2.45, 2.75) is 83.3 Å². The highest BCUT2D eigenvalue weighted by Crippen LogP contribution is 2.37. The minimum absolute atomic E-state index is 0.246. The van der Waals surface area contributed by atoms with E-state index in [1.54, 1.807) is 19.6 Å². The Morgan fingerprint density at radius 3 is 2.63 bits per heavy atom. The van der Waals surface area contributed by atoms with Gasteiger partial charge in [-0.1, -0.05) is 38.5 Å². The van der Waals surface area contributed by atoms with Gasteiger partial charge in [0, 0.05) is 43.8 Å². The van der Waals surface area contributed by atoms with E-state index in [1.165, 1.54) is 0 Å². The van der Waals surface area contributed by atoms with Crippen LogP contribution in [0.5, 0.6) is 5.75 Å². The highest BCUT2D eigenvalue weighted by molar-refractivity contribution is 6.76. The number of aryl methyl sites for hydroxylation is 1. The Kier molecular flexibility index (Phi) is 9.98. The number of methoxy groups -OCH3 is 1. The van der Waals surface area contributed by atoms with E-state index in [0.717, 1.165) is 71.2 Å². The van der Waals surface area contributed by atoms with E-state index in [0.29, 0.717) is 38.9 Å². The molecule has 0 amide bonds. The molecule has 4 heterocycles. The molecule has 11 heteroatoms. The van der Waals surface area contributed by atoms with E-state index in [9.17, 15) is 0 Å². The molecule has 43 heavy (non-hydrogen) atoms. The van der Waals surface area contributed by atoms with E-state index in [-0.39, 0.29) is 6.04 Å². The minimum Gasteiger partial charge on any atom is -0.496 e. The normalized spacial score (nSPS) is 15.8. The number of imidazole rings is 1. The predicted octanol–water partition coefficient (Wildman–Crippen LogP) is 6.57. The van der Waals surface area contributed by atoms with Crippen molar-refractivity contribution in [2.75, 3.05) is 26.9 Å². The van der Waals surface area contributed by atoms with Gasteiger partial charge in [-0.25, -0.2) is 9.97 Å². The fourth-order valence-corrected chi connectivity index (χ4v) is 6.22. The highest BCUT2D eigenvalue weighted by atomic mass is 28.3. The number of unbranched alkanes of at least 4 members (excludes halogenated alkanes) is 2. The fraction of sp³-hybridized carbons (Fsp3) is 0.531. The average Bonchev–Trinajstić information content (AvgIpc) is 3.75. The monoisotopic (exact) mass is 607 g/mol. The van der Waals surface area contributed by atoms with E-state index < -0.39 is 13.9 Å². The summed E-state index contributed by atoms with van der Waals surface area (Å²) in [5.41, 5.74) is 10.5. The third-order valence-corrected chi connectivity index (χ3v) is 9.60. The van der Waals surface area contributed by atoms with E-state index >= 15 is 0 Å². The summed E-state index contributed by atoms with van der Waals surface area (Å²) >= 11 is 0. The van der Waals surface area contributed by atoms with Crippen LogP contribution in [-0.2, 0) is 26.7 Å². The molecule has 1 aromatic carbocycles. The first kappa shape index (κ1) is 31.3. The second-order valence-electron chi connectivity index (χ2n) is 12.5. The maximum Gasteiger partial charge on any atom is 0.255 e. The molecule has 1 fully saturated rings. The predicted molar refractivity (Wildman–Crippen MR) is 168 cm³/mol. The molecule has 1 atom stereocenters. The Labute approximate surface area is 254 Å². The summed E-state index contributed by atoms with van der Waals surface area (Å²) in [7, 11) is 0.457. The van der Waals surface area contributed by atoms with Crippen LogP contribution < -0.4 is 10.5 Å². The summed E-state index contributed by atoms with van der Waals surface area (Å²) in [5.74, 6) is 1.16. The van der Waals surface area contributed by atoms with Crippen LogP contribution in [0, 0.1) is 6.92 Å². The van der Waals surface area contributed by atoms with Crippen molar-refractivity contribution in [2.24, 2.45) is 5.73 Å². The number of rotatable bonds is 15. The van der Waals surface area contributed by atoms with Crippen LogP contribution in [0.4, 0.5) is 0 Å². The number of pyridine rings is 1. The SMILES string of the molecule is COc1cc2nc(C)ccc2cc1-c1cnc([C@@H](N)CCCCCC2(c3ncco3)OCCO2)n1COCC[Si](C)(C)C. The first-order valence-corrected chi connectivity index (χ1v) is 18.9. The van der Waals surface area contributed by atoms with Crippen LogP contribution >= 0.6 is 0 Å². The Morgan fingerprint density at radius 2 is 1.91 bits per heavy atom. The van der Waals surface area contributed by atoms with Crippen molar-refractivity contribution in [3.63, 3.8) is 0 Å². The van der Waals surface area contributed by atoms with Crippen molar-refractivity contribution in [1.82, 2.24) is 19.5 Å². The standard InChI is InChI=1S/C32H45N5O5Si/c1-23-10-11-24-19-25(29(38-2)20-27(24)36-23)28-21-35-30(37(28)22-39-17-18-43(3,4)5)26(33)9-7-6-8-12-32(41-15-16-42-32)31-34-13-14-40-31/h10-11,13-14,19-21,26H,6-9,12,15-18,22,33H2,1-5H3/t26-/m0/s1. The molecule has 5 rings (SSSR count). The van der Waals surface area contributed by atoms with Gasteiger partial charge in [0.05, 0.1) is 50.0 Å². The number of ether oxygens (including phenoxy) is 4. The lowest BCUT2D eigenvalue weighted by molar-refractivity contribution is -0.187. The molecule has 232 valence electrons. The van der Waals surface area contributed by atoms with E-state index in [1.807, 2.05) is 25.3 Å². The average molecular weight is 608 g/mol. The molecule has 4 aromatic rings. The van der Waals surface area contributed by atoms with Crippen LogP contribution in [0.1, 0.15) is 55.6 Å². The largest absolute Gasteiger partial charge is 0.496 e. The second kappa shape index (κ2) is 13.7. The van der Waals surface area contributed by atoms with Crippen LogP contribution in [-0.4, -0.2) is 54.5 Å². The van der Waals surface area contributed by atoms with Gasteiger partial charge in [0.25, 0.3) is 5.89 Å². The number of hydrogen-bond acceptors (Lipinski definition) is 9. The maximum absolute atomic E-state index is 6.80. The number of fused-ring (bicyclic) bond motifs is 1. The van der Waals surface area contributed by atoms with Crippen molar-refractivity contribution in [3.8, 4) is 17.0 Å². The van der Waals surface area contributed by atoms with Gasteiger partial charge in [-0.15, -0.1) is 0 Å². The maximum atomic E-state index is 6.80. The Morgan fingerprint density at radius 1 is 1.09 bits per heavy atom. The van der Waals surface area contributed by atoms with Gasteiger partial charge >= 0.3 is 0 Å². The molecular weight excluding hydrogens is 562 g/mol. The van der Waals surface area contributed by atoms with Gasteiger partial charge in [-0.05, 0) is 37.9 Å². The first-order chi connectivity index (χ1) is 20.7. The molecular formula is C32H45N5O5Si. The third-order valence-electron chi connectivity index (χ3n) is 7.89. The van der Waals surface area contributed by atoms with Gasteiger partial charge in [0.2, 0.25) is 5.79 Å². The molecule has 0 aliphatic carbocycles. The summed E-state index contributed by atoms with van der Waals surface area (Å²) in [4.78, 5) is 13.8. The summed E-state index contributed by atoms with van der Waals surface area (Å²) < 4.78 is 31.5. The fourth-order valence-electron chi connectivity index (χ4n) is 5.46. The molecule has 2 N–H and O–H groups in total. The van der Waals surface area contributed by atoms with Gasteiger partial charge < -0.3 is 33.7 Å². The molecule has 1 aliphatic rings. The number of aromatic nitrogens is 4. The zero-order valence-corrected chi connectivity index (χ0v) is 27.1. The highest BCUT2D eigenvalue weighted by Gasteiger charge is 2.42. The molecule has 1 saturated heterocycles. The second-order valence-corrected chi connectivity index (χ2v) is 18.1. The molecule has 0 spiro atoms. The molecule has 0 bridgehead atoms. The van der Waals surface area contributed by atoms with E-state index in [4.69, 9.17) is 34.1 Å². The van der Waals surface area contributed by atoms with Crippen LogP contribution in [0.2, 0.25) is 25.7 Å². The van der Waals surface area contributed by atoms with Crippen molar-refractivity contribution < 1.29 is 23.4 Å². The zero-order chi connectivity index (χ0) is 30.5. The molecule has 0 saturated carbocycles. The van der Waals surface area contributed by atoms with Gasteiger partial charge in [-0.3, -0.25) is 4.98 Å². The first-order valence-electron chi connectivity index (χ1n) is 15.2. The lowest BCUT2D eigenvalue weighted by Crippen LogP contribution is -2.27. The summed E-state index contributed by atoms with van der Waals surface area (Å²) in [6.07, 6.45) is 9.34. The number of hydrogen-bond donors (Lipinski definition) is 1. The van der Waals surface area contributed by atoms with Crippen LogP contribution in [0.3, 0.4) is 0 Å². The molecule has 10 nitrogen and oxygen atoms in total. The van der Waals surface area contributed by atoms with Crippen molar-refractivity contribution in [3.05, 3.63) is 60.3 Å². The quantitative estimate of drug-likeness (QED) is 0.118. The number of nitrogens with zero attached hydrogens (tertiary/aromatic N) is 4. The van der Waals surface area contributed by atoms with Gasteiger partial charge in [0.15, 0.2) is 0 Å². The molecule has 1 aliphatic heterocycles. The van der Waals surface area contributed by atoms with E-state index in [2.05, 4.69) is 46.3 Å².